The number of anilines is 1. The van der Waals surface area contributed by atoms with Crippen LogP contribution in [-0.2, 0) is 6.61 Å². The summed E-state index contributed by atoms with van der Waals surface area (Å²) in [6.07, 6.45) is 0. The van der Waals surface area contributed by atoms with Crippen molar-refractivity contribution in [3.8, 4) is 5.75 Å². The summed E-state index contributed by atoms with van der Waals surface area (Å²) in [5.74, 6) is 0.517. The third-order valence-electron chi connectivity index (χ3n) is 4.27. The second-order valence-electron chi connectivity index (χ2n) is 6.81. The van der Waals surface area contributed by atoms with Crippen molar-refractivity contribution in [1.29, 1.82) is 0 Å². The molecule has 0 atom stereocenters. The van der Waals surface area contributed by atoms with Gasteiger partial charge in [-0.25, -0.2) is 15.0 Å². The number of ether oxygens (including phenoxy) is 1. The average Bonchev–Trinajstić information content (AvgIpc) is 3.27. The van der Waals surface area contributed by atoms with E-state index in [0.717, 1.165) is 27.7 Å². The molecule has 2 aromatic carbocycles. The molecule has 0 aliphatic heterocycles. The normalized spacial score (nSPS) is 10.6. The first kappa shape index (κ1) is 21.0. The summed E-state index contributed by atoms with van der Waals surface area (Å²) < 4.78 is 5.68. The Morgan fingerprint density at radius 1 is 1.03 bits per heavy atom. The zero-order valence-electron chi connectivity index (χ0n) is 17.0. The number of aryl methyl sites for hydroxylation is 2. The van der Waals surface area contributed by atoms with Gasteiger partial charge in [0.1, 0.15) is 12.4 Å². The van der Waals surface area contributed by atoms with Crippen LogP contribution in [0.25, 0.3) is 0 Å². The van der Waals surface area contributed by atoms with Gasteiger partial charge >= 0.3 is 0 Å². The highest BCUT2D eigenvalue weighted by Gasteiger charge is 2.08. The van der Waals surface area contributed by atoms with Gasteiger partial charge in [-0.05, 0) is 80.2 Å². The fraction of sp³-hybridized carbons (Fsp3) is 0.130. The Kier molecular flexibility index (Phi) is 6.59. The highest BCUT2D eigenvalue weighted by molar-refractivity contribution is 7.99. The molecule has 0 spiro atoms. The Morgan fingerprint density at radius 2 is 1.74 bits per heavy atom. The average molecular weight is 449 g/mol. The zero-order chi connectivity index (χ0) is 21.6. The van der Waals surface area contributed by atoms with E-state index in [0.29, 0.717) is 23.1 Å². The van der Waals surface area contributed by atoms with Crippen molar-refractivity contribution in [2.24, 2.45) is 0 Å². The molecule has 1 amide bonds. The molecule has 0 saturated carbocycles. The van der Waals surface area contributed by atoms with Gasteiger partial charge in [-0.1, -0.05) is 0 Å². The largest absolute Gasteiger partial charge is 0.487 e. The monoisotopic (exact) mass is 448 g/mol. The highest BCUT2D eigenvalue weighted by atomic mass is 32.2. The van der Waals surface area contributed by atoms with Crippen molar-refractivity contribution >= 4 is 34.7 Å². The van der Waals surface area contributed by atoms with Gasteiger partial charge in [0.05, 0.1) is 11.2 Å². The van der Waals surface area contributed by atoms with Crippen molar-refractivity contribution < 1.29 is 9.53 Å². The fourth-order valence-electron chi connectivity index (χ4n) is 2.82. The van der Waals surface area contributed by atoms with E-state index in [9.17, 15) is 4.79 Å². The molecule has 0 aliphatic rings. The lowest BCUT2D eigenvalue weighted by molar-refractivity contribution is 0.102. The summed E-state index contributed by atoms with van der Waals surface area (Å²) in [7, 11) is 0. The first-order valence-corrected chi connectivity index (χ1v) is 11.3. The van der Waals surface area contributed by atoms with Gasteiger partial charge < -0.3 is 10.1 Å². The molecule has 0 fully saturated rings. The molecule has 31 heavy (non-hydrogen) atoms. The van der Waals surface area contributed by atoms with E-state index in [4.69, 9.17) is 4.74 Å². The van der Waals surface area contributed by atoms with Crippen LogP contribution in [0.2, 0.25) is 0 Å². The molecule has 4 aromatic rings. The minimum Gasteiger partial charge on any atom is -0.487 e. The molecule has 0 aliphatic carbocycles. The van der Waals surface area contributed by atoms with E-state index in [1.54, 1.807) is 29.8 Å². The van der Waals surface area contributed by atoms with Crippen molar-refractivity contribution in [3.05, 3.63) is 88.1 Å². The molecule has 2 aromatic heterocycles. The first-order valence-electron chi connectivity index (χ1n) is 9.57. The number of carbonyl (C=O) groups is 1. The molecule has 0 bridgehead atoms. The number of nitrogens with zero attached hydrogens (tertiary/aromatic N) is 3. The number of hydrogen-bond acceptors (Lipinski definition) is 7. The van der Waals surface area contributed by atoms with E-state index in [-0.39, 0.29) is 5.91 Å². The Bertz CT molecular complexity index is 1140. The van der Waals surface area contributed by atoms with Gasteiger partial charge in [0.2, 0.25) is 0 Å². The van der Waals surface area contributed by atoms with Crippen LogP contribution in [0.4, 0.5) is 5.69 Å². The summed E-state index contributed by atoms with van der Waals surface area (Å²) in [5.41, 5.74) is 5.83. The fourth-order valence-corrected chi connectivity index (χ4v) is 4.23. The predicted octanol–water partition coefficient (Wildman–Crippen LogP) is 5.53. The molecule has 156 valence electrons. The number of amides is 1. The number of hydrogen-bond donors (Lipinski definition) is 1. The Morgan fingerprint density at radius 3 is 2.39 bits per heavy atom. The SMILES string of the molecule is Cc1cc(C)nc(Sc2ccc(NC(=O)c3ccc(OCc4cscn4)cc3)cc2)n1. The van der Waals surface area contributed by atoms with Crippen LogP contribution in [0.5, 0.6) is 5.75 Å². The maximum absolute atomic E-state index is 12.5. The third kappa shape index (κ3) is 5.90. The molecule has 0 unspecified atom stereocenters. The number of aromatic nitrogens is 3. The van der Waals surface area contributed by atoms with Crippen LogP contribution in [0.3, 0.4) is 0 Å². The van der Waals surface area contributed by atoms with E-state index in [1.165, 1.54) is 23.1 Å². The quantitative estimate of drug-likeness (QED) is 0.375. The third-order valence-corrected chi connectivity index (χ3v) is 5.78. The summed E-state index contributed by atoms with van der Waals surface area (Å²) in [4.78, 5) is 26.6. The summed E-state index contributed by atoms with van der Waals surface area (Å²) in [6.45, 7) is 4.32. The van der Waals surface area contributed by atoms with E-state index < -0.39 is 0 Å². The molecular formula is C23H20N4O2S2. The predicted molar refractivity (Wildman–Crippen MR) is 123 cm³/mol. The Hall–Kier alpha value is -3.23. The van der Waals surface area contributed by atoms with Crippen molar-refractivity contribution in [2.45, 2.75) is 30.5 Å². The molecule has 0 radical (unpaired) electrons. The molecule has 0 saturated heterocycles. The number of rotatable bonds is 7. The van der Waals surface area contributed by atoms with Gasteiger partial charge in [0.15, 0.2) is 5.16 Å². The summed E-state index contributed by atoms with van der Waals surface area (Å²) in [5, 5.41) is 5.57. The molecule has 8 heteroatoms. The highest BCUT2D eigenvalue weighted by Crippen LogP contribution is 2.26. The number of carbonyl (C=O) groups excluding carboxylic acids is 1. The minimum atomic E-state index is -0.177. The maximum Gasteiger partial charge on any atom is 0.255 e. The zero-order valence-corrected chi connectivity index (χ0v) is 18.7. The Labute approximate surface area is 188 Å². The molecular weight excluding hydrogens is 428 g/mol. The van der Waals surface area contributed by atoms with E-state index in [1.807, 2.05) is 49.6 Å². The number of benzene rings is 2. The molecule has 4 rings (SSSR count). The molecule has 2 heterocycles. The summed E-state index contributed by atoms with van der Waals surface area (Å²) >= 11 is 3.02. The maximum atomic E-state index is 12.5. The number of nitrogens with one attached hydrogen (secondary N) is 1. The van der Waals surface area contributed by atoms with Gasteiger partial charge in [-0.3, -0.25) is 4.79 Å². The minimum absolute atomic E-state index is 0.177. The van der Waals surface area contributed by atoms with Crippen LogP contribution in [0, 0.1) is 13.8 Å². The van der Waals surface area contributed by atoms with Crippen molar-refractivity contribution in [1.82, 2.24) is 15.0 Å². The molecule has 1 N–H and O–H groups in total. The second-order valence-corrected chi connectivity index (χ2v) is 8.57. The topological polar surface area (TPSA) is 77.0 Å². The van der Waals surface area contributed by atoms with Crippen molar-refractivity contribution in [3.63, 3.8) is 0 Å². The van der Waals surface area contributed by atoms with E-state index in [2.05, 4.69) is 20.3 Å². The van der Waals surface area contributed by atoms with Gasteiger partial charge in [0, 0.05) is 32.9 Å². The molecule has 6 nitrogen and oxygen atoms in total. The van der Waals surface area contributed by atoms with E-state index >= 15 is 0 Å². The second kappa shape index (κ2) is 9.72. The lowest BCUT2D eigenvalue weighted by Gasteiger charge is -2.08. The lowest BCUT2D eigenvalue weighted by Crippen LogP contribution is -2.11. The van der Waals surface area contributed by atoms with Crippen LogP contribution < -0.4 is 10.1 Å². The van der Waals surface area contributed by atoms with Gasteiger partial charge in [-0.15, -0.1) is 11.3 Å². The van der Waals surface area contributed by atoms with Crippen LogP contribution in [-0.4, -0.2) is 20.9 Å². The van der Waals surface area contributed by atoms with Gasteiger partial charge in [0.25, 0.3) is 5.91 Å². The lowest BCUT2D eigenvalue weighted by atomic mass is 10.2. The standard InChI is InChI=1S/C23H20N4O2S2/c1-15-11-16(2)26-23(25-15)31-21-9-5-18(6-10-21)27-22(28)17-3-7-20(8-4-17)29-12-19-13-30-14-24-19/h3-11,13-14H,12H2,1-2H3,(H,27,28). The smallest absolute Gasteiger partial charge is 0.255 e. The number of thiazole rings is 1. The van der Waals surface area contributed by atoms with Gasteiger partial charge in [-0.2, -0.15) is 0 Å². The van der Waals surface area contributed by atoms with Crippen LogP contribution in [0.1, 0.15) is 27.4 Å². The van der Waals surface area contributed by atoms with Crippen molar-refractivity contribution in [2.75, 3.05) is 5.32 Å². The van der Waals surface area contributed by atoms with Crippen LogP contribution >= 0.6 is 23.1 Å². The summed E-state index contributed by atoms with van der Waals surface area (Å²) in [6, 6.07) is 16.6. The first-order chi connectivity index (χ1) is 15.0. The Balaban J connectivity index is 1.33. The van der Waals surface area contributed by atoms with Crippen LogP contribution in [0.15, 0.2) is 75.5 Å².